The summed E-state index contributed by atoms with van der Waals surface area (Å²) in [5.74, 6) is 0. The van der Waals surface area contributed by atoms with E-state index in [0.29, 0.717) is 6.10 Å². The molecular weight excluding hydrogens is 197 g/mol. The van der Waals surface area contributed by atoms with Gasteiger partial charge in [0, 0.05) is 0 Å². The summed E-state index contributed by atoms with van der Waals surface area (Å²) in [5.41, 5.74) is 0. The fraction of sp³-hybridized carbons (Fsp3) is 1.00. The van der Waals surface area contributed by atoms with Crippen LogP contribution in [0.3, 0.4) is 0 Å². The molecule has 0 spiro atoms. The van der Waals surface area contributed by atoms with Crippen LogP contribution in [0.15, 0.2) is 0 Å². The van der Waals surface area contributed by atoms with Crippen molar-refractivity contribution in [3.05, 3.63) is 0 Å². The van der Waals surface area contributed by atoms with Crippen LogP contribution in [0.4, 0.5) is 0 Å². The van der Waals surface area contributed by atoms with Gasteiger partial charge in [0.15, 0.2) is 0 Å². The monoisotopic (exact) mass is 213 g/mol. The van der Waals surface area contributed by atoms with E-state index in [0.717, 1.165) is 19.6 Å². The Labute approximate surface area is 85.6 Å². The Morgan fingerprint density at radius 1 is 1.58 bits per heavy atom. The van der Waals surface area contributed by atoms with Crippen LogP contribution < -0.4 is 0 Å². The summed E-state index contributed by atoms with van der Waals surface area (Å²) in [6, 6.07) is 0. The predicted octanol–water partition coefficient (Wildman–Crippen LogP) is 1.76. The number of rotatable bonds is 5. The molecule has 1 aliphatic rings. The molecule has 2 nitrogen and oxygen atoms in total. The molecule has 1 rings (SSSR count). The maximum absolute atomic E-state index is 6.02. The highest BCUT2D eigenvalue weighted by Gasteiger charge is 2.30. The Morgan fingerprint density at radius 2 is 2.17 bits per heavy atom. The van der Waals surface area contributed by atoms with Crippen LogP contribution in [0.25, 0.3) is 0 Å². The first kappa shape index (κ1) is 12.5. The zero-order chi connectivity index (χ0) is 8.27. The number of alkyl halides is 1. The Morgan fingerprint density at radius 3 is 2.58 bits per heavy atom. The molecule has 1 heterocycles. The summed E-state index contributed by atoms with van der Waals surface area (Å²) in [6.07, 6.45) is 2.60. The van der Waals surface area contributed by atoms with Gasteiger partial charge >= 0.3 is 0 Å². The summed E-state index contributed by atoms with van der Waals surface area (Å²) in [7, 11) is 4.16. The SMILES string of the molecule is CN(C)CCCC(Cl)C1CO1.Cl. The standard InChI is InChI=1S/C8H16ClNO.ClH/c1-10(2)5-3-4-7(9)8-6-11-8;/h7-8H,3-6H2,1-2H3;1H. The van der Waals surface area contributed by atoms with Crippen molar-refractivity contribution in [3.8, 4) is 0 Å². The van der Waals surface area contributed by atoms with Crippen LogP contribution in [-0.2, 0) is 4.74 Å². The molecule has 0 amide bonds. The molecule has 1 saturated heterocycles. The number of halogens is 2. The van der Waals surface area contributed by atoms with Gasteiger partial charge in [-0.3, -0.25) is 0 Å². The minimum Gasteiger partial charge on any atom is -0.372 e. The number of hydrogen-bond donors (Lipinski definition) is 0. The van der Waals surface area contributed by atoms with E-state index in [4.69, 9.17) is 16.3 Å². The molecule has 0 N–H and O–H groups in total. The van der Waals surface area contributed by atoms with E-state index in [-0.39, 0.29) is 17.8 Å². The molecular formula is C8H17Cl2NO. The molecule has 2 unspecified atom stereocenters. The van der Waals surface area contributed by atoms with Gasteiger partial charge in [0.25, 0.3) is 0 Å². The number of epoxide rings is 1. The van der Waals surface area contributed by atoms with Gasteiger partial charge in [0.05, 0.1) is 18.1 Å². The second-order valence-corrected chi connectivity index (χ2v) is 3.89. The molecule has 0 aromatic rings. The Hall–Kier alpha value is 0.500. The van der Waals surface area contributed by atoms with Crippen molar-refractivity contribution in [3.63, 3.8) is 0 Å². The summed E-state index contributed by atoms with van der Waals surface area (Å²) in [6.45, 7) is 1.99. The lowest BCUT2D eigenvalue weighted by molar-refractivity contribution is 0.366. The molecule has 1 fully saturated rings. The van der Waals surface area contributed by atoms with Gasteiger partial charge < -0.3 is 9.64 Å². The first-order valence-corrected chi connectivity index (χ1v) is 4.54. The molecule has 0 saturated carbocycles. The molecule has 0 aromatic heterocycles. The third kappa shape index (κ3) is 5.20. The number of ether oxygens (including phenoxy) is 1. The van der Waals surface area contributed by atoms with Crippen LogP contribution in [0, 0.1) is 0 Å². The minimum atomic E-state index is 0. The highest BCUT2D eigenvalue weighted by Crippen LogP contribution is 2.22. The van der Waals surface area contributed by atoms with Gasteiger partial charge in [0.1, 0.15) is 0 Å². The van der Waals surface area contributed by atoms with E-state index in [2.05, 4.69) is 19.0 Å². The van der Waals surface area contributed by atoms with Crippen molar-refractivity contribution in [2.24, 2.45) is 0 Å². The van der Waals surface area contributed by atoms with E-state index in [1.54, 1.807) is 0 Å². The van der Waals surface area contributed by atoms with E-state index < -0.39 is 0 Å². The van der Waals surface area contributed by atoms with Gasteiger partial charge in [-0.1, -0.05) is 0 Å². The van der Waals surface area contributed by atoms with Crippen molar-refractivity contribution in [1.29, 1.82) is 0 Å². The largest absolute Gasteiger partial charge is 0.372 e. The predicted molar refractivity (Wildman–Crippen MR) is 54.4 cm³/mol. The third-order valence-electron chi connectivity index (χ3n) is 1.85. The third-order valence-corrected chi connectivity index (χ3v) is 2.35. The molecule has 0 bridgehead atoms. The minimum absolute atomic E-state index is 0. The lowest BCUT2D eigenvalue weighted by Gasteiger charge is -2.10. The molecule has 0 aliphatic carbocycles. The van der Waals surface area contributed by atoms with E-state index in [9.17, 15) is 0 Å². The second kappa shape index (κ2) is 6.03. The highest BCUT2D eigenvalue weighted by molar-refractivity contribution is 6.21. The first-order valence-electron chi connectivity index (χ1n) is 4.10. The first-order chi connectivity index (χ1) is 5.20. The number of hydrogen-bond acceptors (Lipinski definition) is 2. The lowest BCUT2D eigenvalue weighted by atomic mass is 10.2. The quantitative estimate of drug-likeness (QED) is 0.512. The van der Waals surface area contributed by atoms with Crippen molar-refractivity contribution >= 4 is 24.0 Å². The molecule has 2 atom stereocenters. The molecule has 12 heavy (non-hydrogen) atoms. The van der Waals surface area contributed by atoms with E-state index >= 15 is 0 Å². The van der Waals surface area contributed by atoms with Crippen molar-refractivity contribution in [1.82, 2.24) is 4.90 Å². The summed E-state index contributed by atoms with van der Waals surface area (Å²) in [4.78, 5) is 2.18. The van der Waals surface area contributed by atoms with E-state index in [1.165, 1.54) is 6.42 Å². The van der Waals surface area contributed by atoms with Gasteiger partial charge in [0.2, 0.25) is 0 Å². The van der Waals surface area contributed by atoms with Gasteiger partial charge in [-0.05, 0) is 33.5 Å². The van der Waals surface area contributed by atoms with Crippen molar-refractivity contribution in [2.45, 2.75) is 24.3 Å². The van der Waals surface area contributed by atoms with Crippen molar-refractivity contribution < 1.29 is 4.74 Å². The topological polar surface area (TPSA) is 15.8 Å². The van der Waals surface area contributed by atoms with E-state index in [1.807, 2.05) is 0 Å². The maximum Gasteiger partial charge on any atom is 0.0972 e. The normalized spacial score (nSPS) is 23.5. The fourth-order valence-electron chi connectivity index (χ4n) is 1.05. The average Bonchev–Trinajstić information content (AvgIpc) is 2.66. The maximum atomic E-state index is 6.02. The zero-order valence-corrected chi connectivity index (χ0v) is 9.20. The average molecular weight is 214 g/mol. The molecule has 0 aromatic carbocycles. The smallest absolute Gasteiger partial charge is 0.0972 e. The van der Waals surface area contributed by atoms with Gasteiger partial charge in [-0.15, -0.1) is 24.0 Å². The number of nitrogens with zero attached hydrogens (tertiary/aromatic N) is 1. The second-order valence-electron chi connectivity index (χ2n) is 3.33. The highest BCUT2D eigenvalue weighted by atomic mass is 35.5. The molecule has 0 radical (unpaired) electrons. The Balaban J connectivity index is 0.00000121. The van der Waals surface area contributed by atoms with Crippen LogP contribution in [0.2, 0.25) is 0 Å². The zero-order valence-electron chi connectivity index (χ0n) is 7.62. The van der Waals surface area contributed by atoms with Crippen LogP contribution >= 0.6 is 24.0 Å². The molecule has 4 heteroatoms. The van der Waals surface area contributed by atoms with Crippen LogP contribution in [0.5, 0.6) is 0 Å². The summed E-state index contributed by atoms with van der Waals surface area (Å²) in [5, 5.41) is 0.245. The van der Waals surface area contributed by atoms with Gasteiger partial charge in [-0.2, -0.15) is 0 Å². The Kier molecular flexibility index (Phi) is 6.28. The summed E-state index contributed by atoms with van der Waals surface area (Å²) >= 11 is 6.02. The Bertz CT molecular complexity index is 118. The van der Waals surface area contributed by atoms with Crippen molar-refractivity contribution in [2.75, 3.05) is 27.2 Å². The summed E-state index contributed by atoms with van der Waals surface area (Å²) < 4.78 is 5.08. The van der Waals surface area contributed by atoms with Crippen LogP contribution in [-0.4, -0.2) is 43.6 Å². The molecule has 74 valence electrons. The van der Waals surface area contributed by atoms with Gasteiger partial charge in [-0.25, -0.2) is 0 Å². The fourth-order valence-corrected chi connectivity index (χ4v) is 1.35. The molecule has 1 aliphatic heterocycles. The van der Waals surface area contributed by atoms with Crippen LogP contribution in [0.1, 0.15) is 12.8 Å². The lowest BCUT2D eigenvalue weighted by Crippen LogP contribution is -2.16.